The second-order valence-corrected chi connectivity index (χ2v) is 5.89. The second kappa shape index (κ2) is 8.00. The van der Waals surface area contributed by atoms with Crippen molar-refractivity contribution in [3.8, 4) is 11.5 Å². The summed E-state index contributed by atoms with van der Waals surface area (Å²) in [7, 11) is 0. The van der Waals surface area contributed by atoms with Crippen molar-refractivity contribution in [2.75, 3.05) is 0 Å². The first-order valence-electron chi connectivity index (χ1n) is 8.61. The Morgan fingerprint density at radius 3 is 2.12 bits per heavy atom. The number of ether oxygens (including phenoxy) is 2. The standard InChI is InChI=1S/C21H26O3/c1-6-16-12-13-20(18(8-3)17(16)7-2)24-21(22)23-19-11-9-10-14(4)15(19)5/h9-13H,6-8H2,1-5H3. The molecule has 0 aliphatic carbocycles. The third kappa shape index (κ3) is 3.78. The van der Waals surface area contributed by atoms with Crippen LogP contribution >= 0.6 is 0 Å². The Morgan fingerprint density at radius 1 is 0.833 bits per heavy atom. The molecule has 0 saturated heterocycles. The molecular weight excluding hydrogens is 300 g/mol. The summed E-state index contributed by atoms with van der Waals surface area (Å²) in [6.07, 6.45) is 2.03. The molecule has 2 aromatic carbocycles. The zero-order chi connectivity index (χ0) is 17.7. The second-order valence-electron chi connectivity index (χ2n) is 5.89. The first-order valence-corrected chi connectivity index (χ1v) is 8.61. The molecule has 0 bridgehead atoms. The molecular formula is C21H26O3. The zero-order valence-corrected chi connectivity index (χ0v) is 15.2. The molecule has 3 nitrogen and oxygen atoms in total. The predicted octanol–water partition coefficient (Wildman–Crippen LogP) is 5.57. The van der Waals surface area contributed by atoms with Crippen molar-refractivity contribution in [3.63, 3.8) is 0 Å². The Balaban J connectivity index is 2.24. The van der Waals surface area contributed by atoms with E-state index < -0.39 is 6.16 Å². The normalized spacial score (nSPS) is 10.5. The fraction of sp³-hybridized carbons (Fsp3) is 0.381. The van der Waals surface area contributed by atoms with E-state index >= 15 is 0 Å². The largest absolute Gasteiger partial charge is 0.519 e. The summed E-state index contributed by atoms with van der Waals surface area (Å²) < 4.78 is 10.9. The van der Waals surface area contributed by atoms with Gasteiger partial charge in [-0.2, -0.15) is 0 Å². The fourth-order valence-electron chi connectivity index (χ4n) is 3.01. The van der Waals surface area contributed by atoms with Gasteiger partial charge in [0.05, 0.1) is 0 Å². The van der Waals surface area contributed by atoms with Crippen molar-refractivity contribution in [1.82, 2.24) is 0 Å². The summed E-state index contributed by atoms with van der Waals surface area (Å²) in [4.78, 5) is 12.2. The van der Waals surface area contributed by atoms with Gasteiger partial charge in [0.2, 0.25) is 0 Å². The van der Waals surface area contributed by atoms with Crippen LogP contribution in [-0.2, 0) is 19.3 Å². The first-order chi connectivity index (χ1) is 11.5. The van der Waals surface area contributed by atoms with Crippen LogP contribution in [0.2, 0.25) is 0 Å². The molecule has 0 aromatic heterocycles. The lowest BCUT2D eigenvalue weighted by Gasteiger charge is -2.16. The third-order valence-electron chi connectivity index (χ3n) is 4.51. The number of benzene rings is 2. The number of rotatable bonds is 5. The molecule has 0 aliphatic heterocycles. The number of hydrogen-bond donors (Lipinski definition) is 0. The van der Waals surface area contributed by atoms with E-state index in [0.717, 1.165) is 36.0 Å². The Morgan fingerprint density at radius 2 is 1.50 bits per heavy atom. The molecule has 0 aliphatic rings. The van der Waals surface area contributed by atoms with E-state index in [-0.39, 0.29) is 0 Å². The molecule has 0 N–H and O–H groups in total. The third-order valence-corrected chi connectivity index (χ3v) is 4.51. The van der Waals surface area contributed by atoms with Gasteiger partial charge >= 0.3 is 6.16 Å². The van der Waals surface area contributed by atoms with E-state index in [1.807, 2.05) is 38.1 Å². The van der Waals surface area contributed by atoms with Crippen LogP contribution in [-0.4, -0.2) is 6.16 Å². The Labute approximate surface area is 144 Å². The number of carbonyl (C=O) groups is 1. The molecule has 0 atom stereocenters. The number of carbonyl (C=O) groups excluding carboxylic acids is 1. The Hall–Kier alpha value is -2.29. The van der Waals surface area contributed by atoms with E-state index in [1.165, 1.54) is 11.1 Å². The summed E-state index contributed by atoms with van der Waals surface area (Å²) in [6.45, 7) is 10.3. The summed E-state index contributed by atoms with van der Waals surface area (Å²) in [5, 5.41) is 0. The van der Waals surface area contributed by atoms with Crippen molar-refractivity contribution < 1.29 is 14.3 Å². The van der Waals surface area contributed by atoms with Crippen LogP contribution in [0.25, 0.3) is 0 Å². The van der Waals surface area contributed by atoms with E-state index in [9.17, 15) is 4.79 Å². The average molecular weight is 326 g/mol. The van der Waals surface area contributed by atoms with Gasteiger partial charge in [-0.25, -0.2) is 4.79 Å². The molecule has 0 spiro atoms. The minimum Gasteiger partial charge on any atom is -0.394 e. The highest BCUT2D eigenvalue weighted by Gasteiger charge is 2.16. The van der Waals surface area contributed by atoms with Crippen LogP contribution in [0.1, 0.15) is 48.6 Å². The molecule has 0 unspecified atom stereocenters. The molecule has 128 valence electrons. The summed E-state index contributed by atoms with van der Waals surface area (Å²) in [5.41, 5.74) is 5.70. The minimum atomic E-state index is -0.690. The van der Waals surface area contributed by atoms with Crippen LogP contribution in [0.3, 0.4) is 0 Å². The van der Waals surface area contributed by atoms with Gasteiger partial charge in [0.1, 0.15) is 11.5 Å². The topological polar surface area (TPSA) is 35.5 Å². The van der Waals surface area contributed by atoms with Crippen molar-refractivity contribution in [2.24, 2.45) is 0 Å². The summed E-state index contributed by atoms with van der Waals surface area (Å²) >= 11 is 0. The summed E-state index contributed by atoms with van der Waals surface area (Å²) in [6, 6.07) is 9.55. The van der Waals surface area contributed by atoms with Gasteiger partial charge in [0.25, 0.3) is 0 Å². The Bertz CT molecular complexity index is 732. The molecule has 0 saturated carbocycles. The van der Waals surface area contributed by atoms with Crippen LogP contribution in [0.5, 0.6) is 11.5 Å². The average Bonchev–Trinajstić information content (AvgIpc) is 2.58. The van der Waals surface area contributed by atoms with Gasteiger partial charge in [-0.1, -0.05) is 39.0 Å². The van der Waals surface area contributed by atoms with Crippen molar-refractivity contribution in [3.05, 3.63) is 58.1 Å². The van der Waals surface area contributed by atoms with Gasteiger partial charge in [-0.15, -0.1) is 0 Å². The van der Waals surface area contributed by atoms with Crippen molar-refractivity contribution in [2.45, 2.75) is 53.9 Å². The SMILES string of the molecule is CCc1ccc(OC(=O)Oc2cccc(C)c2C)c(CC)c1CC. The maximum Gasteiger partial charge on any atom is 0.519 e. The van der Waals surface area contributed by atoms with Crippen LogP contribution in [0.4, 0.5) is 4.79 Å². The highest BCUT2D eigenvalue weighted by Crippen LogP contribution is 2.28. The highest BCUT2D eigenvalue weighted by molar-refractivity contribution is 5.69. The molecule has 2 rings (SSSR count). The van der Waals surface area contributed by atoms with Gasteiger partial charge in [0, 0.05) is 0 Å². The lowest BCUT2D eigenvalue weighted by molar-refractivity contribution is 0.151. The number of aryl methyl sites for hydroxylation is 2. The minimum absolute atomic E-state index is 0.541. The lowest BCUT2D eigenvalue weighted by atomic mass is 9.95. The molecule has 3 heteroatoms. The van der Waals surface area contributed by atoms with Gasteiger partial charge < -0.3 is 9.47 Å². The maximum atomic E-state index is 12.2. The fourth-order valence-corrected chi connectivity index (χ4v) is 3.01. The highest BCUT2D eigenvalue weighted by atomic mass is 16.7. The first kappa shape index (κ1) is 18.1. The number of hydrogen-bond acceptors (Lipinski definition) is 3. The molecule has 0 fully saturated rings. The van der Waals surface area contributed by atoms with Crippen molar-refractivity contribution >= 4 is 6.16 Å². The quantitative estimate of drug-likeness (QED) is 0.532. The van der Waals surface area contributed by atoms with Gasteiger partial charge in [-0.05, 0) is 73.1 Å². The summed E-state index contributed by atoms with van der Waals surface area (Å²) in [5.74, 6) is 1.14. The smallest absolute Gasteiger partial charge is 0.394 e. The van der Waals surface area contributed by atoms with E-state index in [4.69, 9.17) is 9.47 Å². The van der Waals surface area contributed by atoms with E-state index in [2.05, 4.69) is 20.8 Å². The van der Waals surface area contributed by atoms with Crippen molar-refractivity contribution in [1.29, 1.82) is 0 Å². The van der Waals surface area contributed by atoms with Gasteiger partial charge in [0.15, 0.2) is 0 Å². The van der Waals surface area contributed by atoms with Gasteiger partial charge in [-0.3, -0.25) is 0 Å². The predicted molar refractivity (Wildman–Crippen MR) is 97.1 cm³/mol. The van der Waals surface area contributed by atoms with E-state index in [0.29, 0.717) is 11.5 Å². The van der Waals surface area contributed by atoms with Crippen LogP contribution in [0.15, 0.2) is 30.3 Å². The molecule has 24 heavy (non-hydrogen) atoms. The monoisotopic (exact) mass is 326 g/mol. The zero-order valence-electron chi connectivity index (χ0n) is 15.2. The molecule has 0 amide bonds. The van der Waals surface area contributed by atoms with Crippen LogP contribution in [0, 0.1) is 13.8 Å². The Kier molecular flexibility index (Phi) is 6.02. The molecule has 0 radical (unpaired) electrons. The lowest BCUT2D eigenvalue weighted by Crippen LogP contribution is -2.16. The van der Waals surface area contributed by atoms with Crippen LogP contribution < -0.4 is 9.47 Å². The van der Waals surface area contributed by atoms with E-state index in [1.54, 1.807) is 6.07 Å². The molecule has 0 heterocycles. The maximum absolute atomic E-state index is 12.2. The molecule has 2 aromatic rings.